The van der Waals surface area contributed by atoms with Gasteiger partial charge in [-0.3, -0.25) is 11.3 Å². The molecule has 1 aromatic heterocycles. The highest BCUT2D eigenvalue weighted by Crippen LogP contribution is 2.24. The van der Waals surface area contributed by atoms with Crippen LogP contribution in [0.5, 0.6) is 0 Å². The fourth-order valence-electron chi connectivity index (χ4n) is 2.05. The van der Waals surface area contributed by atoms with Gasteiger partial charge in [-0.1, -0.05) is 6.07 Å². The molecule has 0 saturated heterocycles. The van der Waals surface area contributed by atoms with Crippen molar-refractivity contribution in [1.82, 2.24) is 15.0 Å². The minimum atomic E-state index is -1.49. The van der Waals surface area contributed by atoms with Gasteiger partial charge >= 0.3 is 0 Å². The fourth-order valence-corrected chi connectivity index (χ4v) is 2.05. The van der Waals surface area contributed by atoms with Gasteiger partial charge in [-0.15, -0.1) is 0 Å². The van der Waals surface area contributed by atoms with Gasteiger partial charge < -0.3 is 4.57 Å². The molecular formula is C13H15F3N4. The van der Waals surface area contributed by atoms with Crippen LogP contribution < -0.4 is 11.3 Å². The van der Waals surface area contributed by atoms with Crippen LogP contribution >= 0.6 is 0 Å². The molecule has 0 amide bonds. The second kappa shape index (κ2) is 6.06. The van der Waals surface area contributed by atoms with Crippen molar-refractivity contribution in [2.45, 2.75) is 18.9 Å². The minimum Gasteiger partial charge on any atom is -0.338 e. The van der Waals surface area contributed by atoms with Gasteiger partial charge in [0.25, 0.3) is 0 Å². The molecule has 20 heavy (non-hydrogen) atoms. The third-order valence-electron chi connectivity index (χ3n) is 3.22. The lowest BCUT2D eigenvalue weighted by Gasteiger charge is -2.17. The van der Waals surface area contributed by atoms with Crippen molar-refractivity contribution in [1.29, 1.82) is 0 Å². The van der Waals surface area contributed by atoms with Gasteiger partial charge in [0.1, 0.15) is 5.82 Å². The molecule has 3 N–H and O–H groups in total. The van der Waals surface area contributed by atoms with E-state index in [1.807, 2.05) is 11.6 Å². The number of hydrogen-bond acceptors (Lipinski definition) is 3. The largest absolute Gasteiger partial charge is 0.338 e. The molecule has 1 heterocycles. The number of imidazole rings is 1. The van der Waals surface area contributed by atoms with Crippen molar-refractivity contribution < 1.29 is 13.2 Å². The first kappa shape index (κ1) is 14.5. The molecule has 1 aromatic carbocycles. The van der Waals surface area contributed by atoms with Gasteiger partial charge in [0, 0.05) is 37.5 Å². The Morgan fingerprint density at radius 2 is 2.05 bits per heavy atom. The molecule has 0 radical (unpaired) electrons. The Bertz CT molecular complexity index is 597. The van der Waals surface area contributed by atoms with E-state index in [0.29, 0.717) is 12.8 Å². The second-order valence-electron chi connectivity index (χ2n) is 4.48. The van der Waals surface area contributed by atoms with Gasteiger partial charge in [-0.05, 0) is 12.5 Å². The first-order valence-electron chi connectivity index (χ1n) is 6.10. The predicted octanol–water partition coefficient (Wildman–Crippen LogP) is 1.97. The monoisotopic (exact) mass is 284 g/mol. The molecule has 1 atom stereocenters. The number of hydrazine groups is 1. The maximum absolute atomic E-state index is 13.7. The van der Waals surface area contributed by atoms with E-state index in [2.05, 4.69) is 10.4 Å². The van der Waals surface area contributed by atoms with Crippen LogP contribution in [0.1, 0.15) is 23.9 Å². The Kier molecular flexibility index (Phi) is 4.41. The summed E-state index contributed by atoms with van der Waals surface area (Å²) in [5.41, 5.74) is 2.42. The smallest absolute Gasteiger partial charge is 0.194 e. The fraction of sp³-hybridized carbons (Fsp3) is 0.308. The van der Waals surface area contributed by atoms with E-state index in [4.69, 9.17) is 5.84 Å². The van der Waals surface area contributed by atoms with Crippen molar-refractivity contribution in [2.24, 2.45) is 12.9 Å². The summed E-state index contributed by atoms with van der Waals surface area (Å²) in [4.78, 5) is 4.14. The number of nitrogens with two attached hydrogens (primary N) is 1. The molecule has 0 aliphatic rings. The molecule has 2 aromatic rings. The molecule has 0 aliphatic heterocycles. The van der Waals surface area contributed by atoms with Crippen LogP contribution in [0.15, 0.2) is 24.5 Å². The summed E-state index contributed by atoms with van der Waals surface area (Å²) in [5.74, 6) is 2.26. The summed E-state index contributed by atoms with van der Waals surface area (Å²) in [6.45, 7) is 0. The summed E-state index contributed by atoms with van der Waals surface area (Å²) in [5, 5.41) is 0. The third-order valence-corrected chi connectivity index (χ3v) is 3.22. The van der Waals surface area contributed by atoms with Gasteiger partial charge in [-0.25, -0.2) is 18.2 Å². The van der Waals surface area contributed by atoms with E-state index in [-0.39, 0.29) is 5.56 Å². The highest BCUT2D eigenvalue weighted by molar-refractivity contribution is 5.23. The van der Waals surface area contributed by atoms with E-state index in [1.165, 1.54) is 6.07 Å². The highest BCUT2D eigenvalue weighted by atomic mass is 19.2. The van der Waals surface area contributed by atoms with Gasteiger partial charge in [-0.2, -0.15) is 0 Å². The minimum absolute atomic E-state index is 0.000564. The number of rotatable bonds is 5. The van der Waals surface area contributed by atoms with E-state index < -0.39 is 23.5 Å². The number of halogens is 3. The van der Waals surface area contributed by atoms with Crippen molar-refractivity contribution >= 4 is 0 Å². The topological polar surface area (TPSA) is 55.9 Å². The molecule has 0 aliphatic carbocycles. The summed E-state index contributed by atoms with van der Waals surface area (Å²) >= 11 is 0. The SMILES string of the molecule is Cn1ccnc1CCC(NN)c1ccc(F)c(F)c1F. The molecule has 2 rings (SSSR count). The average molecular weight is 284 g/mol. The number of hydrogen-bond donors (Lipinski definition) is 2. The average Bonchev–Trinajstić information content (AvgIpc) is 2.84. The molecule has 7 heteroatoms. The lowest BCUT2D eigenvalue weighted by atomic mass is 10.0. The predicted molar refractivity (Wildman–Crippen MR) is 67.9 cm³/mol. The molecule has 1 unspecified atom stereocenters. The second-order valence-corrected chi connectivity index (χ2v) is 4.48. The summed E-state index contributed by atoms with van der Waals surface area (Å²) < 4.78 is 41.7. The molecule has 0 fully saturated rings. The van der Waals surface area contributed by atoms with Crippen molar-refractivity contribution in [2.75, 3.05) is 0 Å². The van der Waals surface area contributed by atoms with Crippen molar-refractivity contribution in [3.8, 4) is 0 Å². The number of aromatic nitrogens is 2. The number of aryl methyl sites for hydroxylation is 2. The quantitative estimate of drug-likeness (QED) is 0.501. The standard InChI is InChI=1S/C13H15F3N4/c1-20-7-6-18-11(20)5-4-10(19-17)8-2-3-9(14)13(16)12(8)15/h2-3,6-7,10,19H,4-5,17H2,1H3. The van der Waals surface area contributed by atoms with Crippen LogP contribution in [-0.4, -0.2) is 9.55 Å². The van der Waals surface area contributed by atoms with Crippen molar-refractivity contribution in [3.05, 3.63) is 53.4 Å². The maximum atomic E-state index is 13.7. The van der Waals surface area contributed by atoms with Gasteiger partial charge in [0.2, 0.25) is 0 Å². The molecular weight excluding hydrogens is 269 g/mol. The summed E-state index contributed by atoms with van der Waals surface area (Å²) in [6, 6.07) is 1.46. The number of benzene rings is 1. The summed E-state index contributed by atoms with van der Waals surface area (Å²) in [7, 11) is 1.84. The first-order valence-corrected chi connectivity index (χ1v) is 6.10. The Balaban J connectivity index is 2.16. The van der Waals surface area contributed by atoms with Crippen molar-refractivity contribution in [3.63, 3.8) is 0 Å². The Hall–Kier alpha value is -1.86. The van der Waals surface area contributed by atoms with Crippen LogP contribution in [0, 0.1) is 17.5 Å². The highest BCUT2D eigenvalue weighted by Gasteiger charge is 2.20. The molecule has 4 nitrogen and oxygen atoms in total. The van der Waals surface area contributed by atoms with Crippen LogP contribution in [-0.2, 0) is 13.5 Å². The third kappa shape index (κ3) is 2.83. The van der Waals surface area contributed by atoms with E-state index in [0.717, 1.165) is 11.9 Å². The van der Waals surface area contributed by atoms with Crippen LogP contribution in [0.3, 0.4) is 0 Å². The first-order chi connectivity index (χ1) is 9.54. The normalized spacial score (nSPS) is 12.7. The number of nitrogens with zero attached hydrogens (tertiary/aromatic N) is 2. The molecule has 0 bridgehead atoms. The zero-order chi connectivity index (χ0) is 14.7. The lowest BCUT2D eigenvalue weighted by Crippen LogP contribution is -2.29. The number of nitrogens with one attached hydrogen (secondary N) is 1. The van der Waals surface area contributed by atoms with Gasteiger partial charge in [0.15, 0.2) is 17.5 Å². The Morgan fingerprint density at radius 1 is 1.30 bits per heavy atom. The zero-order valence-electron chi connectivity index (χ0n) is 10.9. The maximum Gasteiger partial charge on any atom is 0.194 e. The molecule has 0 saturated carbocycles. The zero-order valence-corrected chi connectivity index (χ0v) is 10.9. The summed E-state index contributed by atoms with van der Waals surface area (Å²) in [6.07, 6.45) is 4.37. The van der Waals surface area contributed by atoms with E-state index >= 15 is 0 Å². The van der Waals surface area contributed by atoms with Crippen LogP contribution in [0.25, 0.3) is 0 Å². The lowest BCUT2D eigenvalue weighted by molar-refractivity contribution is 0.418. The molecule has 108 valence electrons. The van der Waals surface area contributed by atoms with E-state index in [1.54, 1.807) is 12.4 Å². The van der Waals surface area contributed by atoms with E-state index in [9.17, 15) is 13.2 Å². The van der Waals surface area contributed by atoms with Gasteiger partial charge in [0.05, 0.1) is 0 Å². The Morgan fingerprint density at radius 3 is 2.65 bits per heavy atom. The van der Waals surface area contributed by atoms with Crippen LogP contribution in [0.2, 0.25) is 0 Å². The van der Waals surface area contributed by atoms with Crippen LogP contribution in [0.4, 0.5) is 13.2 Å². The Labute approximate surface area is 114 Å². The molecule has 0 spiro atoms.